The molecule has 1 fully saturated rings. The van der Waals surface area contributed by atoms with Crippen molar-refractivity contribution in [2.75, 3.05) is 16.8 Å². The second-order valence-corrected chi connectivity index (χ2v) is 7.73. The Hall–Kier alpha value is -3.12. The average Bonchev–Trinajstić information content (AvgIpc) is 3.13. The lowest BCUT2D eigenvalue weighted by atomic mass is 10.1. The van der Waals surface area contributed by atoms with Crippen LogP contribution in [-0.2, 0) is 9.59 Å². The number of rotatable bonds is 5. The van der Waals surface area contributed by atoms with Gasteiger partial charge < -0.3 is 15.0 Å². The van der Waals surface area contributed by atoms with Gasteiger partial charge in [-0.2, -0.15) is 0 Å². The molecule has 0 aromatic heterocycles. The van der Waals surface area contributed by atoms with Crippen LogP contribution in [0.15, 0.2) is 83.3 Å². The molecule has 0 saturated carbocycles. The second kappa shape index (κ2) is 8.49. The fourth-order valence-corrected chi connectivity index (χ4v) is 3.49. The first-order valence-corrected chi connectivity index (χ1v) is 10.1. The maximum absolute atomic E-state index is 12.6. The molecule has 29 heavy (non-hydrogen) atoms. The molecular formula is C23H19BrN2O3. The molecule has 1 aliphatic rings. The molecule has 1 saturated heterocycles. The number of ether oxygens (including phenoxy) is 1. The van der Waals surface area contributed by atoms with E-state index in [1.54, 1.807) is 29.2 Å². The van der Waals surface area contributed by atoms with Crippen molar-refractivity contribution < 1.29 is 14.3 Å². The summed E-state index contributed by atoms with van der Waals surface area (Å²) in [6, 6.07) is 24.2. The summed E-state index contributed by atoms with van der Waals surface area (Å²) < 4.78 is 6.70. The van der Waals surface area contributed by atoms with Crippen LogP contribution in [0, 0.1) is 5.92 Å². The van der Waals surface area contributed by atoms with Crippen molar-refractivity contribution in [1.29, 1.82) is 0 Å². The normalized spacial score (nSPS) is 16.0. The molecular weight excluding hydrogens is 432 g/mol. The van der Waals surface area contributed by atoms with Crippen molar-refractivity contribution in [3.8, 4) is 11.5 Å². The molecule has 1 unspecified atom stereocenters. The van der Waals surface area contributed by atoms with E-state index < -0.39 is 0 Å². The van der Waals surface area contributed by atoms with Crippen molar-refractivity contribution >= 4 is 39.1 Å². The Balaban J connectivity index is 1.37. The number of hydrogen-bond donors (Lipinski definition) is 1. The van der Waals surface area contributed by atoms with Crippen molar-refractivity contribution in [2.45, 2.75) is 6.42 Å². The number of halogens is 1. The lowest BCUT2D eigenvalue weighted by Gasteiger charge is -2.17. The summed E-state index contributed by atoms with van der Waals surface area (Å²) in [6.45, 7) is 0.376. The number of hydrogen-bond acceptors (Lipinski definition) is 3. The number of carbonyl (C=O) groups is 2. The van der Waals surface area contributed by atoms with Crippen LogP contribution < -0.4 is 15.0 Å². The molecule has 146 valence electrons. The van der Waals surface area contributed by atoms with E-state index in [0.717, 1.165) is 15.9 Å². The van der Waals surface area contributed by atoms with Gasteiger partial charge in [-0.25, -0.2) is 0 Å². The number of amides is 2. The van der Waals surface area contributed by atoms with E-state index in [2.05, 4.69) is 21.2 Å². The summed E-state index contributed by atoms with van der Waals surface area (Å²) in [5.74, 6) is 0.855. The zero-order valence-electron chi connectivity index (χ0n) is 15.5. The summed E-state index contributed by atoms with van der Waals surface area (Å²) in [4.78, 5) is 26.7. The smallest absolute Gasteiger partial charge is 0.229 e. The Morgan fingerprint density at radius 3 is 2.28 bits per heavy atom. The molecule has 1 N–H and O–H groups in total. The third-order valence-corrected chi connectivity index (χ3v) is 5.26. The molecule has 1 atom stereocenters. The minimum Gasteiger partial charge on any atom is -0.457 e. The standard InChI is InChI=1S/C23H19BrN2O3/c24-17-6-10-19(11-7-17)26-15-16(14-22(26)27)23(28)25-18-8-12-21(13-9-18)29-20-4-2-1-3-5-20/h1-13,16H,14-15H2,(H,25,28). The third kappa shape index (κ3) is 4.66. The maximum atomic E-state index is 12.6. The molecule has 0 bridgehead atoms. The molecule has 5 nitrogen and oxygen atoms in total. The Kier molecular flexibility index (Phi) is 5.62. The van der Waals surface area contributed by atoms with Crippen LogP contribution in [0.5, 0.6) is 11.5 Å². The number of carbonyl (C=O) groups excluding carboxylic acids is 2. The molecule has 3 aromatic rings. The largest absolute Gasteiger partial charge is 0.457 e. The topological polar surface area (TPSA) is 58.6 Å². The SMILES string of the molecule is O=C(Nc1ccc(Oc2ccccc2)cc1)C1CC(=O)N(c2ccc(Br)cc2)C1. The zero-order valence-corrected chi connectivity index (χ0v) is 17.1. The number of benzene rings is 3. The highest BCUT2D eigenvalue weighted by molar-refractivity contribution is 9.10. The molecule has 0 radical (unpaired) electrons. The molecule has 6 heteroatoms. The van der Waals surface area contributed by atoms with E-state index in [1.165, 1.54) is 0 Å². The van der Waals surface area contributed by atoms with Crippen LogP contribution in [0.4, 0.5) is 11.4 Å². The quantitative estimate of drug-likeness (QED) is 0.578. The molecule has 1 aliphatic heterocycles. The summed E-state index contributed by atoms with van der Waals surface area (Å²) in [6.07, 6.45) is 0.205. The number of nitrogens with one attached hydrogen (secondary N) is 1. The molecule has 0 aliphatic carbocycles. The second-order valence-electron chi connectivity index (χ2n) is 6.81. The Bertz CT molecular complexity index is 1000. The first-order chi connectivity index (χ1) is 14.1. The number of nitrogens with zero attached hydrogens (tertiary/aromatic N) is 1. The number of anilines is 2. The monoisotopic (exact) mass is 450 g/mol. The minimum atomic E-state index is -0.383. The van der Waals surface area contributed by atoms with Crippen molar-refractivity contribution in [3.05, 3.63) is 83.3 Å². The van der Waals surface area contributed by atoms with Crippen molar-refractivity contribution in [2.24, 2.45) is 5.92 Å². The Morgan fingerprint density at radius 2 is 1.59 bits per heavy atom. The lowest BCUT2D eigenvalue weighted by Crippen LogP contribution is -2.28. The van der Waals surface area contributed by atoms with Gasteiger partial charge in [-0.05, 0) is 60.7 Å². The summed E-state index contributed by atoms with van der Waals surface area (Å²) in [5, 5.41) is 2.90. The fourth-order valence-electron chi connectivity index (χ4n) is 3.23. The highest BCUT2D eigenvalue weighted by Gasteiger charge is 2.35. The van der Waals surface area contributed by atoms with Gasteiger partial charge in [0.2, 0.25) is 11.8 Å². The van der Waals surface area contributed by atoms with Gasteiger partial charge in [0.05, 0.1) is 5.92 Å². The van der Waals surface area contributed by atoms with Gasteiger partial charge in [0.1, 0.15) is 11.5 Å². The van der Waals surface area contributed by atoms with E-state index in [4.69, 9.17) is 4.74 Å². The van der Waals surface area contributed by atoms with Gasteiger partial charge in [0.25, 0.3) is 0 Å². The van der Waals surface area contributed by atoms with Crippen molar-refractivity contribution in [1.82, 2.24) is 0 Å². The van der Waals surface area contributed by atoms with Gasteiger partial charge in [-0.1, -0.05) is 34.1 Å². The highest BCUT2D eigenvalue weighted by atomic mass is 79.9. The molecule has 4 rings (SSSR count). The lowest BCUT2D eigenvalue weighted by molar-refractivity contribution is -0.122. The van der Waals surface area contributed by atoms with Crippen LogP contribution in [0.1, 0.15) is 6.42 Å². The van der Waals surface area contributed by atoms with E-state index in [-0.39, 0.29) is 24.2 Å². The maximum Gasteiger partial charge on any atom is 0.229 e. The molecule has 2 amide bonds. The molecule has 1 heterocycles. The van der Waals surface area contributed by atoms with Gasteiger partial charge in [-0.15, -0.1) is 0 Å². The molecule has 3 aromatic carbocycles. The van der Waals surface area contributed by atoms with Gasteiger partial charge in [-0.3, -0.25) is 9.59 Å². The van der Waals surface area contributed by atoms with E-state index in [1.807, 2.05) is 54.6 Å². The van der Waals surface area contributed by atoms with Crippen LogP contribution in [0.25, 0.3) is 0 Å². The predicted molar refractivity (Wildman–Crippen MR) is 116 cm³/mol. The Morgan fingerprint density at radius 1 is 0.931 bits per heavy atom. The summed E-state index contributed by atoms with van der Waals surface area (Å²) >= 11 is 3.39. The summed E-state index contributed by atoms with van der Waals surface area (Å²) in [7, 11) is 0. The van der Waals surface area contributed by atoms with E-state index >= 15 is 0 Å². The average molecular weight is 451 g/mol. The first-order valence-electron chi connectivity index (χ1n) is 9.28. The minimum absolute atomic E-state index is 0.0425. The highest BCUT2D eigenvalue weighted by Crippen LogP contribution is 2.28. The van der Waals surface area contributed by atoms with Gasteiger partial charge in [0.15, 0.2) is 0 Å². The predicted octanol–water partition coefficient (Wildman–Crippen LogP) is 5.23. The molecule has 0 spiro atoms. The van der Waals surface area contributed by atoms with Gasteiger partial charge >= 0.3 is 0 Å². The number of para-hydroxylation sites is 1. The summed E-state index contributed by atoms with van der Waals surface area (Å²) in [5.41, 5.74) is 1.47. The first kappa shape index (κ1) is 19.2. The van der Waals surface area contributed by atoms with Gasteiger partial charge in [0, 0.05) is 28.8 Å². The fraction of sp³-hybridized carbons (Fsp3) is 0.130. The Labute approximate surface area is 177 Å². The van der Waals surface area contributed by atoms with Crippen LogP contribution in [0.3, 0.4) is 0 Å². The van der Waals surface area contributed by atoms with Crippen molar-refractivity contribution in [3.63, 3.8) is 0 Å². The van der Waals surface area contributed by atoms with Crippen LogP contribution >= 0.6 is 15.9 Å². The zero-order chi connectivity index (χ0) is 20.2. The van der Waals surface area contributed by atoms with E-state index in [9.17, 15) is 9.59 Å². The van der Waals surface area contributed by atoms with Crippen LogP contribution in [-0.4, -0.2) is 18.4 Å². The third-order valence-electron chi connectivity index (χ3n) is 4.73. The van der Waals surface area contributed by atoms with E-state index in [0.29, 0.717) is 18.0 Å². The van der Waals surface area contributed by atoms with Crippen LogP contribution in [0.2, 0.25) is 0 Å².